The van der Waals surface area contributed by atoms with E-state index < -0.39 is 0 Å². The second-order valence-corrected chi connectivity index (χ2v) is 9.37. The molecule has 3 aromatic heterocycles. The lowest BCUT2D eigenvalue weighted by atomic mass is 10.1. The molecule has 0 aliphatic carbocycles. The molecule has 1 saturated heterocycles. The zero-order chi connectivity index (χ0) is 25.2. The molecule has 11 nitrogen and oxygen atoms in total. The summed E-state index contributed by atoms with van der Waals surface area (Å²) >= 11 is 0. The maximum absolute atomic E-state index is 12.8. The molecule has 1 amide bonds. The van der Waals surface area contributed by atoms with Gasteiger partial charge in [0.25, 0.3) is 5.91 Å². The van der Waals surface area contributed by atoms with Crippen LogP contribution in [0.3, 0.4) is 0 Å². The first-order chi connectivity index (χ1) is 17.4. The number of amides is 1. The first kappa shape index (κ1) is 23.7. The fourth-order valence-corrected chi connectivity index (χ4v) is 4.57. The maximum atomic E-state index is 12.8. The molecule has 4 heterocycles. The molecule has 1 aromatic carbocycles. The highest BCUT2D eigenvalue weighted by atomic mass is 16.1. The Kier molecular flexibility index (Phi) is 6.55. The fourth-order valence-electron chi connectivity index (χ4n) is 4.57. The van der Waals surface area contributed by atoms with Crippen LogP contribution in [0.25, 0.3) is 11.0 Å². The quantitative estimate of drug-likeness (QED) is 0.346. The smallest absolute Gasteiger partial charge is 0.251 e. The molecule has 0 unspecified atom stereocenters. The summed E-state index contributed by atoms with van der Waals surface area (Å²) in [6.07, 6.45) is 7.76. The summed E-state index contributed by atoms with van der Waals surface area (Å²) < 4.78 is 3.41. The molecule has 3 N–H and O–H groups in total. The Bertz CT molecular complexity index is 1390. The van der Waals surface area contributed by atoms with Gasteiger partial charge in [0.1, 0.15) is 0 Å². The van der Waals surface area contributed by atoms with Crippen molar-refractivity contribution in [1.29, 1.82) is 0 Å². The number of hydrogen-bond donors (Lipinski definition) is 3. The number of benzene rings is 1. The van der Waals surface area contributed by atoms with E-state index in [1.807, 2.05) is 45.4 Å². The van der Waals surface area contributed by atoms with E-state index in [9.17, 15) is 4.79 Å². The van der Waals surface area contributed by atoms with E-state index in [-0.39, 0.29) is 5.91 Å². The number of aromatic nitrogens is 6. The van der Waals surface area contributed by atoms with Gasteiger partial charge < -0.3 is 16.0 Å². The highest BCUT2D eigenvalue weighted by Crippen LogP contribution is 2.27. The van der Waals surface area contributed by atoms with Gasteiger partial charge in [0.05, 0.1) is 17.3 Å². The number of nitrogens with zero attached hydrogens (tertiary/aromatic N) is 7. The number of rotatable bonds is 8. The minimum absolute atomic E-state index is 0.0785. The van der Waals surface area contributed by atoms with E-state index in [0.29, 0.717) is 35.6 Å². The third kappa shape index (κ3) is 5.01. The molecule has 0 radical (unpaired) electrons. The number of fused-ring (bicyclic) bond motifs is 1. The van der Waals surface area contributed by atoms with Crippen molar-refractivity contribution in [3.05, 3.63) is 47.9 Å². The Balaban J connectivity index is 1.29. The summed E-state index contributed by atoms with van der Waals surface area (Å²) in [6, 6.07) is 6.25. The van der Waals surface area contributed by atoms with Crippen LogP contribution < -0.4 is 16.0 Å². The molecular weight excluding hydrogens is 456 g/mol. The topological polar surface area (TPSA) is 118 Å². The van der Waals surface area contributed by atoms with Gasteiger partial charge in [-0.2, -0.15) is 15.2 Å². The van der Waals surface area contributed by atoms with Gasteiger partial charge >= 0.3 is 0 Å². The average molecular weight is 489 g/mol. The zero-order valence-electron chi connectivity index (χ0n) is 21.1. The Hall–Kier alpha value is -3.99. The van der Waals surface area contributed by atoms with E-state index in [1.165, 1.54) is 12.8 Å². The number of aryl methyl sites for hydroxylation is 3. The van der Waals surface area contributed by atoms with Crippen molar-refractivity contribution in [2.24, 2.45) is 14.1 Å². The van der Waals surface area contributed by atoms with Crippen molar-refractivity contribution in [1.82, 2.24) is 39.7 Å². The Labute approximate surface area is 209 Å². The van der Waals surface area contributed by atoms with Crippen LogP contribution in [0.2, 0.25) is 0 Å². The van der Waals surface area contributed by atoms with Crippen molar-refractivity contribution in [2.45, 2.75) is 32.7 Å². The molecule has 188 valence electrons. The summed E-state index contributed by atoms with van der Waals surface area (Å²) in [5.74, 6) is 1.01. The lowest BCUT2D eigenvalue weighted by Crippen LogP contribution is -2.36. The molecule has 0 saturated carbocycles. The van der Waals surface area contributed by atoms with Gasteiger partial charge in [-0.3, -0.25) is 14.4 Å². The Morgan fingerprint density at radius 3 is 2.81 bits per heavy atom. The highest BCUT2D eigenvalue weighted by Gasteiger charge is 2.20. The first-order valence-electron chi connectivity index (χ1n) is 12.2. The van der Waals surface area contributed by atoms with Gasteiger partial charge in [0.2, 0.25) is 5.95 Å². The minimum atomic E-state index is -0.0785. The zero-order valence-corrected chi connectivity index (χ0v) is 21.1. The number of likely N-dealkylation sites (tertiary alicyclic amines) is 1. The van der Waals surface area contributed by atoms with Crippen LogP contribution in [0.5, 0.6) is 0 Å². The molecule has 1 atom stereocenters. The van der Waals surface area contributed by atoms with E-state index in [1.54, 1.807) is 21.8 Å². The van der Waals surface area contributed by atoms with Crippen molar-refractivity contribution >= 4 is 40.1 Å². The molecule has 5 rings (SSSR count). The third-order valence-corrected chi connectivity index (χ3v) is 6.67. The monoisotopic (exact) mass is 488 g/mol. The number of nitrogens with one attached hydrogen (secondary N) is 3. The summed E-state index contributed by atoms with van der Waals surface area (Å²) in [5.41, 5.74) is 3.91. The summed E-state index contributed by atoms with van der Waals surface area (Å²) in [7, 11) is 3.69. The largest absolute Gasteiger partial charge is 0.351 e. The van der Waals surface area contributed by atoms with E-state index >= 15 is 0 Å². The normalized spacial score (nSPS) is 15.9. The van der Waals surface area contributed by atoms with E-state index in [0.717, 1.165) is 35.4 Å². The second kappa shape index (κ2) is 9.94. The summed E-state index contributed by atoms with van der Waals surface area (Å²) in [4.78, 5) is 24.3. The highest BCUT2D eigenvalue weighted by molar-refractivity contribution is 5.96. The molecule has 1 aliphatic rings. The number of hydrogen-bond acceptors (Lipinski definition) is 8. The molecular formula is C25H32N10O. The van der Waals surface area contributed by atoms with E-state index in [2.05, 4.69) is 47.9 Å². The molecule has 0 bridgehead atoms. The lowest BCUT2D eigenvalue weighted by molar-refractivity contribution is 0.0947. The Morgan fingerprint density at radius 2 is 2.06 bits per heavy atom. The third-order valence-electron chi connectivity index (χ3n) is 6.67. The predicted octanol–water partition coefficient (Wildman–Crippen LogP) is 3.11. The van der Waals surface area contributed by atoms with Crippen LogP contribution in [-0.4, -0.2) is 66.0 Å². The molecule has 0 spiro atoms. The lowest BCUT2D eigenvalue weighted by Gasteiger charge is -2.20. The van der Waals surface area contributed by atoms with Crippen LogP contribution in [0, 0.1) is 6.92 Å². The van der Waals surface area contributed by atoms with Crippen molar-refractivity contribution in [3.8, 4) is 0 Å². The van der Waals surface area contributed by atoms with Gasteiger partial charge in [-0.15, -0.1) is 0 Å². The summed E-state index contributed by atoms with van der Waals surface area (Å²) in [6.45, 7) is 6.87. The molecule has 36 heavy (non-hydrogen) atoms. The van der Waals surface area contributed by atoms with Crippen molar-refractivity contribution < 1.29 is 4.79 Å². The molecule has 1 fully saturated rings. The van der Waals surface area contributed by atoms with Crippen LogP contribution in [0.1, 0.15) is 35.7 Å². The fraction of sp³-hybridized carbons (Fsp3) is 0.400. The van der Waals surface area contributed by atoms with Crippen LogP contribution >= 0.6 is 0 Å². The Morgan fingerprint density at radius 1 is 1.19 bits per heavy atom. The van der Waals surface area contributed by atoms with Gasteiger partial charge in [0.15, 0.2) is 11.5 Å². The standard InChI is InChI=1S/C25H32N10O/c1-16-7-8-18(24(36)26-9-11-35-10-5-6-17(35)2)12-21(16)30-22-20-14-27-25(31-23(20)34(4)32-22)29-19-13-28-33(3)15-19/h7-8,12-15,17H,5-6,9-11H2,1-4H3,(H,26,36)(H,30,32)(H,27,29,31)/t17-/m0/s1. The first-order valence-corrected chi connectivity index (χ1v) is 12.2. The van der Waals surface area contributed by atoms with Crippen molar-refractivity contribution in [3.63, 3.8) is 0 Å². The average Bonchev–Trinajstić information content (AvgIpc) is 3.54. The number of carbonyl (C=O) groups is 1. The van der Waals surface area contributed by atoms with Crippen LogP contribution in [0.15, 0.2) is 36.8 Å². The number of carbonyl (C=O) groups excluding carboxylic acids is 1. The second-order valence-electron chi connectivity index (χ2n) is 9.37. The molecule has 1 aliphatic heterocycles. The number of anilines is 4. The van der Waals surface area contributed by atoms with Gasteiger partial charge in [-0.1, -0.05) is 6.07 Å². The summed E-state index contributed by atoms with van der Waals surface area (Å²) in [5, 5.41) is 19.1. The van der Waals surface area contributed by atoms with E-state index in [4.69, 9.17) is 0 Å². The van der Waals surface area contributed by atoms with Crippen molar-refractivity contribution in [2.75, 3.05) is 30.3 Å². The van der Waals surface area contributed by atoms with Gasteiger partial charge in [-0.05, 0) is 50.9 Å². The minimum Gasteiger partial charge on any atom is -0.351 e. The SMILES string of the molecule is Cc1ccc(C(=O)NCCN2CCC[C@@H]2C)cc1Nc1nn(C)c2nc(Nc3cnn(C)c3)ncc12. The van der Waals surface area contributed by atoms with Crippen LogP contribution in [0.4, 0.5) is 23.1 Å². The van der Waals surface area contributed by atoms with Gasteiger partial charge in [0, 0.05) is 56.9 Å². The molecule has 4 aromatic rings. The maximum Gasteiger partial charge on any atom is 0.251 e. The van der Waals surface area contributed by atoms with Crippen LogP contribution in [-0.2, 0) is 14.1 Å². The molecule has 11 heteroatoms. The van der Waals surface area contributed by atoms with Gasteiger partial charge in [-0.25, -0.2) is 9.67 Å². The predicted molar refractivity (Wildman–Crippen MR) is 140 cm³/mol.